The third-order valence-corrected chi connectivity index (χ3v) is 7.74. The van der Waals surface area contributed by atoms with E-state index in [4.69, 9.17) is 25.8 Å². The average Bonchev–Trinajstić information content (AvgIpc) is 3.44. The lowest BCUT2D eigenvalue weighted by atomic mass is 9.88. The Hall–Kier alpha value is -1.67. The Morgan fingerprint density at radius 3 is 2.42 bits per heavy atom. The molecule has 1 saturated heterocycles. The quantitative estimate of drug-likeness (QED) is 0.570. The van der Waals surface area contributed by atoms with Crippen LogP contribution in [0.15, 0.2) is 42.5 Å². The Kier molecular flexibility index (Phi) is 6.42. The smallest absolute Gasteiger partial charge is 0.224 e. The highest BCUT2D eigenvalue weighted by atomic mass is 35.5. The van der Waals surface area contributed by atoms with E-state index in [2.05, 4.69) is 0 Å². The summed E-state index contributed by atoms with van der Waals surface area (Å²) in [6.45, 7) is -0.286. The Morgan fingerprint density at radius 2 is 1.76 bits per heavy atom. The van der Waals surface area contributed by atoms with Gasteiger partial charge in [-0.3, -0.25) is 0 Å². The van der Waals surface area contributed by atoms with Crippen LogP contribution < -0.4 is 4.74 Å². The van der Waals surface area contributed by atoms with Crippen molar-refractivity contribution in [3.05, 3.63) is 64.2 Å². The van der Waals surface area contributed by atoms with Crippen molar-refractivity contribution in [3.63, 3.8) is 0 Å². The van der Waals surface area contributed by atoms with Crippen LogP contribution in [-0.4, -0.2) is 53.5 Å². The van der Waals surface area contributed by atoms with Gasteiger partial charge >= 0.3 is 0 Å². The highest BCUT2D eigenvalue weighted by molar-refractivity contribution is 6.31. The van der Waals surface area contributed by atoms with Gasteiger partial charge in [-0.15, -0.1) is 0 Å². The van der Waals surface area contributed by atoms with Crippen molar-refractivity contribution < 1.29 is 29.5 Å². The standard InChI is InChI=1S/C26H31ClO6/c1-31-26(25(30)24(29)13-22(14-28)33-26)19-4-7-23(27)18(10-19)8-15-2-5-20(6-3-15)32-21-11-16-9-17(16)12-21/h2-7,10,16-17,21-22,24-25,28-30H,8-9,11-14H2,1H3/t16?,17?,21?,22-,24-,25+,26?/m0/s1. The molecule has 0 aromatic heterocycles. The van der Waals surface area contributed by atoms with E-state index < -0.39 is 24.1 Å². The summed E-state index contributed by atoms with van der Waals surface area (Å²) < 4.78 is 17.7. The zero-order chi connectivity index (χ0) is 23.2. The van der Waals surface area contributed by atoms with E-state index in [9.17, 15) is 15.3 Å². The van der Waals surface area contributed by atoms with E-state index in [-0.39, 0.29) is 13.0 Å². The van der Waals surface area contributed by atoms with Crippen LogP contribution >= 0.6 is 11.6 Å². The van der Waals surface area contributed by atoms with Gasteiger partial charge < -0.3 is 29.5 Å². The van der Waals surface area contributed by atoms with Gasteiger partial charge in [-0.05, 0) is 72.9 Å². The number of benzene rings is 2. The van der Waals surface area contributed by atoms with Crippen molar-refractivity contribution in [2.24, 2.45) is 11.8 Å². The number of methoxy groups -OCH3 is 1. The van der Waals surface area contributed by atoms with Crippen LogP contribution in [-0.2, 0) is 21.7 Å². The molecule has 3 N–H and O–H groups in total. The number of fused-ring (bicyclic) bond motifs is 1. The van der Waals surface area contributed by atoms with Crippen LogP contribution in [0.25, 0.3) is 0 Å². The fourth-order valence-electron chi connectivity index (χ4n) is 5.43. The predicted molar refractivity (Wildman–Crippen MR) is 123 cm³/mol. The van der Waals surface area contributed by atoms with Gasteiger partial charge in [0.05, 0.1) is 24.9 Å². The minimum atomic E-state index is -1.59. The largest absolute Gasteiger partial charge is 0.490 e. The summed E-state index contributed by atoms with van der Waals surface area (Å²) in [5.41, 5.74) is 2.45. The van der Waals surface area contributed by atoms with E-state index in [1.54, 1.807) is 12.1 Å². The maximum absolute atomic E-state index is 10.7. The van der Waals surface area contributed by atoms with E-state index in [1.165, 1.54) is 26.4 Å². The minimum absolute atomic E-state index is 0.125. The fraction of sp³-hybridized carbons (Fsp3) is 0.538. The summed E-state index contributed by atoms with van der Waals surface area (Å²) in [7, 11) is 1.41. The third kappa shape index (κ3) is 4.53. The van der Waals surface area contributed by atoms with Gasteiger partial charge in [-0.1, -0.05) is 29.8 Å². The van der Waals surface area contributed by atoms with Crippen LogP contribution in [0.5, 0.6) is 5.75 Å². The van der Waals surface area contributed by atoms with Crippen LogP contribution in [0.1, 0.15) is 42.4 Å². The van der Waals surface area contributed by atoms with E-state index in [0.29, 0.717) is 23.1 Å². The lowest BCUT2D eigenvalue weighted by Gasteiger charge is -2.45. The fourth-order valence-corrected chi connectivity index (χ4v) is 5.62. The normalized spacial score (nSPS) is 35.3. The number of rotatable bonds is 7. The molecule has 1 heterocycles. The van der Waals surface area contributed by atoms with Crippen LogP contribution in [0.3, 0.4) is 0 Å². The zero-order valence-electron chi connectivity index (χ0n) is 18.7. The summed E-state index contributed by atoms with van der Waals surface area (Å²) in [4.78, 5) is 0. The molecule has 0 radical (unpaired) electrons. The van der Waals surface area contributed by atoms with Crippen LogP contribution in [0.2, 0.25) is 5.02 Å². The van der Waals surface area contributed by atoms with Crippen molar-refractivity contribution in [3.8, 4) is 5.75 Å². The monoisotopic (exact) mass is 474 g/mol. The van der Waals surface area contributed by atoms with Crippen molar-refractivity contribution in [2.75, 3.05) is 13.7 Å². The van der Waals surface area contributed by atoms with E-state index >= 15 is 0 Å². The molecule has 178 valence electrons. The maximum atomic E-state index is 10.7. The van der Waals surface area contributed by atoms with E-state index in [0.717, 1.165) is 28.7 Å². The first-order valence-corrected chi connectivity index (χ1v) is 12.0. The third-order valence-electron chi connectivity index (χ3n) is 7.38. The lowest BCUT2D eigenvalue weighted by molar-refractivity contribution is -0.344. The molecule has 0 spiro atoms. The highest BCUT2D eigenvalue weighted by Crippen LogP contribution is 2.52. The van der Waals surface area contributed by atoms with Crippen molar-refractivity contribution in [1.29, 1.82) is 0 Å². The lowest BCUT2D eigenvalue weighted by Crippen LogP contribution is -2.57. The molecule has 3 fully saturated rings. The molecule has 33 heavy (non-hydrogen) atoms. The summed E-state index contributed by atoms with van der Waals surface area (Å²) in [5.74, 6) is 1.08. The predicted octanol–water partition coefficient (Wildman–Crippen LogP) is 3.41. The van der Waals surface area contributed by atoms with Crippen molar-refractivity contribution in [2.45, 2.75) is 62.3 Å². The summed E-state index contributed by atoms with van der Waals surface area (Å²) in [6.07, 6.45) is 1.72. The second-order valence-electron chi connectivity index (χ2n) is 9.64. The van der Waals surface area contributed by atoms with Gasteiger partial charge in [0.1, 0.15) is 11.9 Å². The Balaban J connectivity index is 1.34. The molecule has 3 aliphatic rings. The first kappa shape index (κ1) is 23.1. The molecule has 0 amide bonds. The molecular formula is C26H31ClO6. The molecule has 6 atom stereocenters. The second kappa shape index (κ2) is 9.17. The maximum Gasteiger partial charge on any atom is 0.224 e. The molecule has 5 rings (SSSR count). The number of halogens is 1. The summed E-state index contributed by atoms with van der Waals surface area (Å²) >= 11 is 6.50. The minimum Gasteiger partial charge on any atom is -0.490 e. The highest BCUT2D eigenvalue weighted by Gasteiger charge is 2.51. The van der Waals surface area contributed by atoms with Gasteiger partial charge in [0.25, 0.3) is 0 Å². The van der Waals surface area contributed by atoms with Gasteiger partial charge in [-0.2, -0.15) is 0 Å². The zero-order valence-corrected chi connectivity index (χ0v) is 19.4. The molecular weight excluding hydrogens is 444 g/mol. The molecule has 2 aromatic rings. The molecule has 6 nitrogen and oxygen atoms in total. The van der Waals surface area contributed by atoms with E-state index in [1.807, 2.05) is 30.3 Å². The van der Waals surface area contributed by atoms with Gasteiger partial charge in [-0.25, -0.2) is 0 Å². The molecule has 1 aliphatic heterocycles. The first-order chi connectivity index (χ1) is 15.9. The molecule has 2 saturated carbocycles. The molecule has 2 aromatic carbocycles. The Labute approximate surface area is 199 Å². The van der Waals surface area contributed by atoms with Crippen molar-refractivity contribution >= 4 is 11.6 Å². The number of hydrogen-bond acceptors (Lipinski definition) is 6. The van der Waals surface area contributed by atoms with Crippen LogP contribution in [0.4, 0.5) is 0 Å². The SMILES string of the molecule is COC1(c2ccc(Cl)c(Cc3ccc(OC4CC5CC5C4)cc3)c2)O[C@H](CO)C[C@H](O)[C@H]1O. The summed E-state index contributed by atoms with van der Waals surface area (Å²) in [6, 6.07) is 13.4. The van der Waals surface area contributed by atoms with Gasteiger partial charge in [0.15, 0.2) is 0 Å². The summed E-state index contributed by atoms with van der Waals surface area (Å²) in [5, 5.41) is 31.3. The number of ether oxygens (including phenoxy) is 3. The Bertz CT molecular complexity index is 971. The number of aliphatic hydroxyl groups excluding tert-OH is 3. The second-order valence-corrected chi connectivity index (χ2v) is 10.0. The molecule has 7 heteroatoms. The molecule has 0 bridgehead atoms. The number of aliphatic hydroxyl groups is 3. The molecule has 3 unspecified atom stereocenters. The van der Waals surface area contributed by atoms with Gasteiger partial charge in [0.2, 0.25) is 5.79 Å². The van der Waals surface area contributed by atoms with Gasteiger partial charge in [0, 0.05) is 24.1 Å². The topological polar surface area (TPSA) is 88.4 Å². The van der Waals surface area contributed by atoms with Crippen LogP contribution in [0, 0.1) is 11.8 Å². The Morgan fingerprint density at radius 1 is 1.03 bits per heavy atom. The molecule has 2 aliphatic carbocycles. The average molecular weight is 475 g/mol. The first-order valence-electron chi connectivity index (χ1n) is 11.7. The number of hydrogen-bond donors (Lipinski definition) is 3. The van der Waals surface area contributed by atoms with Crippen molar-refractivity contribution in [1.82, 2.24) is 0 Å².